The number of sulfonamides is 1. The second-order valence-electron chi connectivity index (χ2n) is 7.42. The zero-order chi connectivity index (χ0) is 22.8. The molecule has 3 rings (SSSR count). The summed E-state index contributed by atoms with van der Waals surface area (Å²) in [6.45, 7) is 5.53. The zero-order valence-electron chi connectivity index (χ0n) is 17.3. The maximum Gasteiger partial charge on any atom is 0.232 e. The number of halogens is 2. The van der Waals surface area contributed by atoms with Crippen LogP contribution in [0.3, 0.4) is 0 Å². The quantitative estimate of drug-likeness (QED) is 0.428. The van der Waals surface area contributed by atoms with Gasteiger partial charge < -0.3 is 5.32 Å². The van der Waals surface area contributed by atoms with E-state index in [4.69, 9.17) is 0 Å². The Morgan fingerprint density at radius 2 is 2.00 bits per heavy atom. The number of benzene rings is 1. The van der Waals surface area contributed by atoms with Gasteiger partial charge in [0.2, 0.25) is 10.0 Å². The molecule has 11 heteroatoms. The Hall–Kier alpha value is -3.08. The largest absolute Gasteiger partial charge is 0.366 e. The highest BCUT2D eigenvalue weighted by Gasteiger charge is 2.23. The van der Waals surface area contributed by atoms with E-state index in [-0.39, 0.29) is 18.2 Å². The third kappa shape index (κ3) is 5.16. The van der Waals surface area contributed by atoms with Crippen LogP contribution in [0.4, 0.5) is 20.3 Å². The van der Waals surface area contributed by atoms with Gasteiger partial charge in [-0.1, -0.05) is 6.92 Å². The van der Waals surface area contributed by atoms with E-state index in [0.29, 0.717) is 28.8 Å². The van der Waals surface area contributed by atoms with Crippen molar-refractivity contribution in [1.82, 2.24) is 15.2 Å². The summed E-state index contributed by atoms with van der Waals surface area (Å²) in [5, 5.41) is 10.7. The minimum atomic E-state index is -3.81. The van der Waals surface area contributed by atoms with Crippen LogP contribution in [-0.4, -0.2) is 41.2 Å². The lowest BCUT2D eigenvalue weighted by molar-refractivity contribution is 0.0985. The first-order valence-electron chi connectivity index (χ1n) is 9.72. The molecule has 3 aromatic rings. The van der Waals surface area contributed by atoms with Gasteiger partial charge in [0.15, 0.2) is 23.1 Å². The predicted molar refractivity (Wildman–Crippen MR) is 115 cm³/mol. The van der Waals surface area contributed by atoms with Crippen molar-refractivity contribution in [3.05, 3.63) is 47.2 Å². The van der Waals surface area contributed by atoms with Gasteiger partial charge in [0.05, 0.1) is 22.4 Å². The molecule has 2 aromatic heterocycles. The number of anilines is 2. The van der Waals surface area contributed by atoms with Crippen molar-refractivity contribution in [2.75, 3.05) is 15.8 Å². The SMILES string of the molecule is CCCS(=O)(=O)Nc1ccc(F)c(C(=O)Cc2cnc3[nH]nc(NC(C)C)c3c2)c1F. The molecular formula is C20H23F2N5O3S. The van der Waals surface area contributed by atoms with Crippen LogP contribution >= 0.6 is 0 Å². The number of aromatic nitrogens is 3. The highest BCUT2D eigenvalue weighted by atomic mass is 32.2. The van der Waals surface area contributed by atoms with Crippen molar-refractivity contribution in [2.45, 2.75) is 39.7 Å². The molecule has 0 saturated carbocycles. The molecule has 31 heavy (non-hydrogen) atoms. The minimum absolute atomic E-state index is 0.110. The molecule has 0 atom stereocenters. The molecule has 0 unspecified atom stereocenters. The van der Waals surface area contributed by atoms with Crippen LogP contribution in [0.5, 0.6) is 0 Å². The number of carbonyl (C=O) groups is 1. The number of H-pyrrole nitrogens is 1. The lowest BCUT2D eigenvalue weighted by atomic mass is 10.0. The highest BCUT2D eigenvalue weighted by molar-refractivity contribution is 7.92. The van der Waals surface area contributed by atoms with Crippen molar-refractivity contribution < 1.29 is 22.0 Å². The summed E-state index contributed by atoms with van der Waals surface area (Å²) in [5.41, 5.74) is -0.333. The Morgan fingerprint density at radius 1 is 1.26 bits per heavy atom. The fraction of sp³-hybridized carbons (Fsp3) is 0.350. The van der Waals surface area contributed by atoms with Gasteiger partial charge in [-0.25, -0.2) is 22.2 Å². The number of carbonyl (C=O) groups excluding carboxylic acids is 1. The number of nitrogens with zero attached hydrogens (tertiary/aromatic N) is 2. The first-order valence-corrected chi connectivity index (χ1v) is 11.4. The zero-order valence-corrected chi connectivity index (χ0v) is 18.1. The van der Waals surface area contributed by atoms with Gasteiger partial charge in [-0.2, -0.15) is 5.10 Å². The van der Waals surface area contributed by atoms with E-state index < -0.39 is 38.7 Å². The third-order valence-corrected chi connectivity index (χ3v) is 5.85. The van der Waals surface area contributed by atoms with Crippen LogP contribution in [-0.2, 0) is 16.4 Å². The Labute approximate surface area is 178 Å². The third-order valence-electron chi connectivity index (χ3n) is 4.37. The van der Waals surface area contributed by atoms with Gasteiger partial charge in [0.25, 0.3) is 0 Å². The summed E-state index contributed by atoms with van der Waals surface area (Å²) >= 11 is 0. The smallest absolute Gasteiger partial charge is 0.232 e. The van der Waals surface area contributed by atoms with E-state index in [2.05, 4.69) is 25.2 Å². The Bertz CT molecular complexity index is 1230. The van der Waals surface area contributed by atoms with Gasteiger partial charge in [-0.05, 0) is 44.0 Å². The number of ketones is 1. The number of hydrogen-bond acceptors (Lipinski definition) is 6. The molecule has 3 N–H and O–H groups in total. The molecule has 0 fully saturated rings. The van der Waals surface area contributed by atoms with Crippen LogP contribution in [0.25, 0.3) is 11.0 Å². The summed E-state index contributed by atoms with van der Waals surface area (Å²) in [6, 6.07) is 3.59. The topological polar surface area (TPSA) is 117 Å². The number of aromatic amines is 1. The molecule has 8 nitrogen and oxygen atoms in total. The van der Waals surface area contributed by atoms with E-state index in [0.717, 1.165) is 12.1 Å². The maximum absolute atomic E-state index is 14.8. The fourth-order valence-corrected chi connectivity index (χ4v) is 4.21. The summed E-state index contributed by atoms with van der Waals surface area (Å²) in [6.07, 6.45) is 1.41. The van der Waals surface area contributed by atoms with E-state index in [9.17, 15) is 22.0 Å². The number of Topliss-reactive ketones (excluding diaryl/α,β-unsaturated/α-hetero) is 1. The maximum atomic E-state index is 14.8. The van der Waals surface area contributed by atoms with Crippen LogP contribution in [0.1, 0.15) is 43.1 Å². The number of fused-ring (bicyclic) bond motifs is 1. The predicted octanol–water partition coefficient (Wildman–Crippen LogP) is 3.63. The van der Waals surface area contributed by atoms with Gasteiger partial charge in [0.1, 0.15) is 5.82 Å². The van der Waals surface area contributed by atoms with E-state index in [1.165, 1.54) is 6.20 Å². The average molecular weight is 451 g/mol. The van der Waals surface area contributed by atoms with Crippen molar-refractivity contribution in [1.29, 1.82) is 0 Å². The van der Waals surface area contributed by atoms with Crippen LogP contribution in [0.2, 0.25) is 0 Å². The summed E-state index contributed by atoms with van der Waals surface area (Å²) in [4.78, 5) is 16.9. The standard InChI is InChI=1S/C20H23F2N5O3S/c1-4-7-31(29,30)27-15-6-5-14(21)17(18(15)22)16(28)9-12-8-13-19(23-10-12)25-26-20(13)24-11(2)3/h5-6,8,10-11,27H,4,7,9H2,1-3H3,(H2,23,24,25,26). The molecule has 1 aromatic carbocycles. The number of hydrogen-bond donors (Lipinski definition) is 3. The molecule has 0 spiro atoms. The number of rotatable bonds is 9. The average Bonchev–Trinajstić information content (AvgIpc) is 3.05. The van der Waals surface area contributed by atoms with Crippen molar-refractivity contribution in [2.24, 2.45) is 0 Å². The molecule has 2 heterocycles. The monoisotopic (exact) mass is 451 g/mol. The molecule has 0 radical (unpaired) electrons. The second kappa shape index (κ2) is 8.96. The number of pyridine rings is 1. The molecule has 0 amide bonds. The van der Waals surface area contributed by atoms with Crippen LogP contribution in [0.15, 0.2) is 24.4 Å². The lowest BCUT2D eigenvalue weighted by Crippen LogP contribution is -2.19. The fourth-order valence-electron chi connectivity index (χ4n) is 3.07. The molecule has 0 aliphatic carbocycles. The van der Waals surface area contributed by atoms with Crippen molar-refractivity contribution in [3.8, 4) is 0 Å². The van der Waals surface area contributed by atoms with Gasteiger partial charge >= 0.3 is 0 Å². The Kier molecular flexibility index (Phi) is 6.54. The summed E-state index contributed by atoms with van der Waals surface area (Å²) < 4.78 is 55.1. The van der Waals surface area contributed by atoms with Crippen LogP contribution < -0.4 is 10.0 Å². The first-order chi connectivity index (χ1) is 14.6. The molecule has 166 valence electrons. The first kappa shape index (κ1) is 22.6. The second-order valence-corrected chi connectivity index (χ2v) is 9.26. The van der Waals surface area contributed by atoms with E-state index in [1.54, 1.807) is 13.0 Å². The molecule has 0 aliphatic rings. The highest BCUT2D eigenvalue weighted by Crippen LogP contribution is 2.25. The van der Waals surface area contributed by atoms with Crippen molar-refractivity contribution >= 4 is 38.3 Å². The molecular weight excluding hydrogens is 428 g/mol. The van der Waals surface area contributed by atoms with E-state index >= 15 is 0 Å². The summed E-state index contributed by atoms with van der Waals surface area (Å²) in [7, 11) is -3.81. The molecule has 0 bridgehead atoms. The van der Waals surface area contributed by atoms with Gasteiger partial charge in [-0.3, -0.25) is 14.6 Å². The van der Waals surface area contributed by atoms with Gasteiger partial charge in [0, 0.05) is 18.7 Å². The minimum Gasteiger partial charge on any atom is -0.366 e. The normalized spacial score (nSPS) is 11.8. The lowest BCUT2D eigenvalue weighted by Gasteiger charge is -2.11. The van der Waals surface area contributed by atoms with Gasteiger partial charge in [-0.15, -0.1) is 0 Å². The Balaban J connectivity index is 1.90. The Morgan fingerprint density at radius 3 is 2.68 bits per heavy atom. The molecule has 0 aliphatic heterocycles. The van der Waals surface area contributed by atoms with Crippen molar-refractivity contribution in [3.63, 3.8) is 0 Å². The summed E-state index contributed by atoms with van der Waals surface area (Å²) in [5.74, 6) is -2.83. The molecule has 0 saturated heterocycles. The number of nitrogens with one attached hydrogen (secondary N) is 3. The van der Waals surface area contributed by atoms with E-state index in [1.807, 2.05) is 13.8 Å². The van der Waals surface area contributed by atoms with Crippen LogP contribution in [0, 0.1) is 11.6 Å².